The summed E-state index contributed by atoms with van der Waals surface area (Å²) in [4.78, 5) is 23.2. The van der Waals surface area contributed by atoms with Gasteiger partial charge >= 0.3 is 5.69 Å². The number of carbonyl (C=O) groups excluding carboxylic acids is 1. The molecular formula is C19H17NO6. The Bertz CT molecular complexity index is 932. The van der Waals surface area contributed by atoms with Gasteiger partial charge in [-0.3, -0.25) is 14.9 Å². The van der Waals surface area contributed by atoms with Crippen LogP contribution in [0.3, 0.4) is 0 Å². The number of aryl methyl sites for hydroxylation is 1. The predicted molar refractivity (Wildman–Crippen MR) is 94.9 cm³/mol. The molecule has 0 aromatic heterocycles. The SMILES string of the molecule is COc1ccc2c(c1)CCC(=Cc1cc(OC)c(O)c([N+](=O)[O-])c1)C2=O. The molecule has 1 aliphatic rings. The summed E-state index contributed by atoms with van der Waals surface area (Å²) in [5, 5.41) is 21.0. The number of ketones is 1. The van der Waals surface area contributed by atoms with Crippen molar-refractivity contribution < 1.29 is 24.3 Å². The monoisotopic (exact) mass is 355 g/mol. The summed E-state index contributed by atoms with van der Waals surface area (Å²) in [6, 6.07) is 7.99. The highest BCUT2D eigenvalue weighted by molar-refractivity contribution is 6.13. The summed E-state index contributed by atoms with van der Waals surface area (Å²) in [7, 11) is 2.88. The van der Waals surface area contributed by atoms with Crippen LogP contribution in [0, 0.1) is 10.1 Å². The minimum absolute atomic E-state index is 0.0144. The fraction of sp³-hybridized carbons (Fsp3) is 0.211. The van der Waals surface area contributed by atoms with Gasteiger partial charge in [0.25, 0.3) is 0 Å². The molecule has 0 amide bonds. The summed E-state index contributed by atoms with van der Waals surface area (Å²) < 4.78 is 10.2. The number of phenols is 1. The van der Waals surface area contributed by atoms with Gasteiger partial charge < -0.3 is 14.6 Å². The Morgan fingerprint density at radius 1 is 1.15 bits per heavy atom. The number of fused-ring (bicyclic) bond motifs is 1. The van der Waals surface area contributed by atoms with Crippen LogP contribution in [0.25, 0.3) is 6.08 Å². The smallest absolute Gasteiger partial charge is 0.315 e. The van der Waals surface area contributed by atoms with E-state index in [1.807, 2.05) is 6.07 Å². The highest BCUT2D eigenvalue weighted by Crippen LogP contribution is 2.38. The number of methoxy groups -OCH3 is 2. The van der Waals surface area contributed by atoms with E-state index in [1.165, 1.54) is 19.2 Å². The molecule has 0 saturated carbocycles. The van der Waals surface area contributed by atoms with E-state index in [0.717, 1.165) is 5.56 Å². The Morgan fingerprint density at radius 3 is 2.58 bits per heavy atom. The Kier molecular flexibility index (Phi) is 4.62. The number of hydrogen-bond acceptors (Lipinski definition) is 6. The lowest BCUT2D eigenvalue weighted by Gasteiger charge is -2.18. The molecule has 0 radical (unpaired) electrons. The largest absolute Gasteiger partial charge is 0.500 e. The molecule has 2 aromatic rings. The summed E-state index contributed by atoms with van der Waals surface area (Å²) in [5.74, 6) is 0.0259. The third kappa shape index (κ3) is 3.11. The Hall–Kier alpha value is -3.35. The maximum atomic E-state index is 12.7. The number of hydrogen-bond donors (Lipinski definition) is 1. The molecule has 0 heterocycles. The maximum absolute atomic E-state index is 12.7. The molecular weight excluding hydrogens is 338 g/mol. The second-order valence-electron chi connectivity index (χ2n) is 5.87. The van der Waals surface area contributed by atoms with E-state index in [-0.39, 0.29) is 11.5 Å². The Labute approximate surface area is 149 Å². The van der Waals surface area contributed by atoms with Gasteiger partial charge in [0.1, 0.15) is 5.75 Å². The molecule has 0 saturated heterocycles. The topological polar surface area (TPSA) is 98.9 Å². The zero-order valence-electron chi connectivity index (χ0n) is 14.3. The van der Waals surface area contributed by atoms with Gasteiger partial charge in [0, 0.05) is 17.2 Å². The number of carbonyl (C=O) groups is 1. The number of nitro groups is 1. The van der Waals surface area contributed by atoms with Crippen LogP contribution in [0.15, 0.2) is 35.9 Å². The van der Waals surface area contributed by atoms with Gasteiger partial charge in [-0.2, -0.15) is 0 Å². The van der Waals surface area contributed by atoms with Crippen molar-refractivity contribution >= 4 is 17.5 Å². The summed E-state index contributed by atoms with van der Waals surface area (Å²) >= 11 is 0. The van der Waals surface area contributed by atoms with Crippen LogP contribution >= 0.6 is 0 Å². The third-order valence-corrected chi connectivity index (χ3v) is 4.35. The Morgan fingerprint density at radius 2 is 1.92 bits per heavy atom. The molecule has 0 aliphatic heterocycles. The average Bonchev–Trinajstić information content (AvgIpc) is 2.64. The zero-order chi connectivity index (χ0) is 18.8. The first-order valence-corrected chi connectivity index (χ1v) is 7.92. The van der Waals surface area contributed by atoms with E-state index in [0.29, 0.717) is 35.3 Å². The third-order valence-electron chi connectivity index (χ3n) is 4.35. The van der Waals surface area contributed by atoms with E-state index in [1.54, 1.807) is 25.3 Å². The van der Waals surface area contributed by atoms with Crippen LogP contribution in [-0.4, -0.2) is 30.0 Å². The molecule has 1 aliphatic carbocycles. The lowest BCUT2D eigenvalue weighted by atomic mass is 9.86. The highest BCUT2D eigenvalue weighted by Gasteiger charge is 2.24. The van der Waals surface area contributed by atoms with E-state index in [2.05, 4.69) is 0 Å². The number of Topliss-reactive ketones (excluding diaryl/α,β-unsaturated/α-hetero) is 1. The number of nitrogens with zero attached hydrogens (tertiary/aromatic N) is 1. The second-order valence-corrected chi connectivity index (χ2v) is 5.87. The van der Waals surface area contributed by atoms with Crippen molar-refractivity contribution in [3.05, 3.63) is 62.7 Å². The zero-order valence-corrected chi connectivity index (χ0v) is 14.3. The van der Waals surface area contributed by atoms with Crippen molar-refractivity contribution in [2.24, 2.45) is 0 Å². The molecule has 2 aromatic carbocycles. The van der Waals surface area contributed by atoms with Crippen LogP contribution in [0.1, 0.15) is 27.9 Å². The van der Waals surface area contributed by atoms with Crippen LogP contribution in [0.4, 0.5) is 5.69 Å². The number of benzene rings is 2. The summed E-state index contributed by atoms with van der Waals surface area (Å²) in [6.07, 6.45) is 2.78. The lowest BCUT2D eigenvalue weighted by Crippen LogP contribution is -2.14. The van der Waals surface area contributed by atoms with Gasteiger partial charge in [-0.25, -0.2) is 0 Å². The number of ether oxygens (including phenoxy) is 2. The number of nitro benzene ring substituents is 1. The van der Waals surface area contributed by atoms with Gasteiger partial charge in [0.2, 0.25) is 5.75 Å². The fourth-order valence-corrected chi connectivity index (χ4v) is 3.01. The quantitative estimate of drug-likeness (QED) is 0.512. The molecule has 134 valence electrons. The molecule has 1 N–H and O–H groups in total. The molecule has 0 unspecified atom stereocenters. The normalized spacial score (nSPS) is 14.8. The van der Waals surface area contributed by atoms with Crippen molar-refractivity contribution in [3.8, 4) is 17.2 Å². The van der Waals surface area contributed by atoms with E-state index < -0.39 is 16.4 Å². The minimum Gasteiger partial charge on any atom is -0.500 e. The van der Waals surface area contributed by atoms with E-state index >= 15 is 0 Å². The van der Waals surface area contributed by atoms with Crippen molar-refractivity contribution in [2.75, 3.05) is 14.2 Å². The number of aromatic hydroxyl groups is 1. The molecule has 0 spiro atoms. The molecule has 3 rings (SSSR count). The van der Waals surface area contributed by atoms with E-state index in [9.17, 15) is 20.0 Å². The summed E-state index contributed by atoms with van der Waals surface area (Å²) in [5.41, 5.74) is 2.02. The standard InChI is InChI=1S/C19H17NO6/c1-25-14-5-6-15-12(10-14)3-4-13(18(15)21)7-11-8-16(20(23)24)19(22)17(9-11)26-2/h5-10,22H,3-4H2,1-2H3. The van der Waals surface area contributed by atoms with Gasteiger partial charge in [0.05, 0.1) is 19.1 Å². The van der Waals surface area contributed by atoms with Gasteiger partial charge in [-0.1, -0.05) is 0 Å². The van der Waals surface area contributed by atoms with Crippen LogP contribution in [0.2, 0.25) is 0 Å². The molecule has 7 heteroatoms. The van der Waals surface area contributed by atoms with E-state index in [4.69, 9.17) is 9.47 Å². The average molecular weight is 355 g/mol. The summed E-state index contributed by atoms with van der Waals surface area (Å²) in [6.45, 7) is 0. The number of allylic oxidation sites excluding steroid dienone is 1. The van der Waals surface area contributed by atoms with Crippen LogP contribution in [-0.2, 0) is 6.42 Å². The lowest BCUT2D eigenvalue weighted by molar-refractivity contribution is -0.386. The second kappa shape index (κ2) is 6.87. The minimum atomic E-state index is -0.690. The number of phenolic OH excluding ortho intramolecular Hbond substituents is 1. The van der Waals surface area contributed by atoms with Crippen LogP contribution in [0.5, 0.6) is 17.2 Å². The van der Waals surface area contributed by atoms with Gasteiger partial charge in [-0.05, 0) is 54.3 Å². The first-order chi connectivity index (χ1) is 12.4. The highest BCUT2D eigenvalue weighted by atomic mass is 16.6. The first kappa shape index (κ1) is 17.5. The van der Waals surface area contributed by atoms with Crippen molar-refractivity contribution in [1.29, 1.82) is 0 Å². The number of rotatable bonds is 4. The maximum Gasteiger partial charge on any atom is 0.315 e. The van der Waals surface area contributed by atoms with Crippen LogP contribution < -0.4 is 9.47 Å². The fourth-order valence-electron chi connectivity index (χ4n) is 3.01. The molecule has 0 atom stereocenters. The van der Waals surface area contributed by atoms with Crippen molar-refractivity contribution in [1.82, 2.24) is 0 Å². The van der Waals surface area contributed by atoms with Gasteiger partial charge in [0.15, 0.2) is 11.5 Å². The first-order valence-electron chi connectivity index (χ1n) is 7.92. The van der Waals surface area contributed by atoms with Crippen molar-refractivity contribution in [3.63, 3.8) is 0 Å². The molecule has 0 fully saturated rings. The predicted octanol–water partition coefficient (Wildman–Crippen LogP) is 3.53. The van der Waals surface area contributed by atoms with Gasteiger partial charge in [-0.15, -0.1) is 0 Å². The molecule has 0 bridgehead atoms. The van der Waals surface area contributed by atoms with Crippen molar-refractivity contribution in [2.45, 2.75) is 12.8 Å². The Balaban J connectivity index is 2.02. The molecule has 7 nitrogen and oxygen atoms in total. The molecule has 26 heavy (non-hydrogen) atoms.